The van der Waals surface area contributed by atoms with Crippen LogP contribution in [-0.4, -0.2) is 30.1 Å². The third kappa shape index (κ3) is 1.63. The number of hydrogen-bond donors (Lipinski definition) is 0. The predicted octanol–water partition coefficient (Wildman–Crippen LogP) is 1.89. The summed E-state index contributed by atoms with van der Waals surface area (Å²) in [5.74, 6) is 1.63. The molecule has 0 bridgehead atoms. The van der Waals surface area contributed by atoms with Crippen molar-refractivity contribution in [2.45, 2.75) is 13.5 Å². The molecule has 17 heavy (non-hydrogen) atoms. The molecular formula is C12H14N2O3. The molecule has 0 radical (unpaired) electrons. The maximum absolute atomic E-state index is 11.0. The minimum absolute atomic E-state index is 0.397. The molecule has 0 saturated carbocycles. The zero-order chi connectivity index (χ0) is 12.4. The van der Waals surface area contributed by atoms with Crippen LogP contribution in [0.1, 0.15) is 17.5 Å². The maximum atomic E-state index is 11.0. The number of methoxy groups -OCH3 is 2. The topological polar surface area (TPSA) is 53.4 Å². The van der Waals surface area contributed by atoms with Crippen LogP contribution < -0.4 is 9.47 Å². The van der Waals surface area contributed by atoms with Crippen molar-refractivity contribution in [2.75, 3.05) is 14.2 Å². The highest BCUT2D eigenvalue weighted by molar-refractivity contribution is 5.89. The van der Waals surface area contributed by atoms with Crippen LogP contribution in [0.2, 0.25) is 0 Å². The number of benzene rings is 1. The number of ether oxygens (including phenoxy) is 2. The van der Waals surface area contributed by atoms with Crippen molar-refractivity contribution in [3.63, 3.8) is 0 Å². The number of fused-ring (bicyclic) bond motifs is 1. The fourth-order valence-corrected chi connectivity index (χ4v) is 1.96. The van der Waals surface area contributed by atoms with Crippen LogP contribution in [-0.2, 0) is 6.54 Å². The summed E-state index contributed by atoms with van der Waals surface area (Å²) < 4.78 is 12.4. The van der Waals surface area contributed by atoms with Crippen molar-refractivity contribution < 1.29 is 14.3 Å². The average Bonchev–Trinajstić information content (AvgIpc) is 2.74. The monoisotopic (exact) mass is 234 g/mol. The first-order chi connectivity index (χ1) is 8.26. The molecule has 90 valence electrons. The van der Waals surface area contributed by atoms with Crippen LogP contribution >= 0.6 is 0 Å². The van der Waals surface area contributed by atoms with Gasteiger partial charge in [0.2, 0.25) is 0 Å². The molecule has 1 aromatic heterocycles. The number of carbonyl (C=O) groups excluding carboxylic acids is 1. The standard InChI is InChI=1S/C12H14N2O3/c1-4-14-10(7-15)13-8-5-6-9(16-2)12(17-3)11(8)14/h5-7H,4H2,1-3H3. The maximum Gasteiger partial charge on any atom is 0.186 e. The minimum atomic E-state index is 0.397. The normalized spacial score (nSPS) is 10.5. The van der Waals surface area contributed by atoms with Crippen molar-refractivity contribution in [3.8, 4) is 11.5 Å². The summed E-state index contributed by atoms with van der Waals surface area (Å²) in [6.45, 7) is 2.60. The second kappa shape index (κ2) is 4.45. The van der Waals surface area contributed by atoms with Gasteiger partial charge in [-0.2, -0.15) is 0 Å². The molecule has 0 fully saturated rings. The highest BCUT2D eigenvalue weighted by atomic mass is 16.5. The molecule has 0 aliphatic heterocycles. The fraction of sp³-hybridized carbons (Fsp3) is 0.333. The third-order valence-corrected chi connectivity index (χ3v) is 2.70. The lowest BCUT2D eigenvalue weighted by atomic mass is 10.2. The van der Waals surface area contributed by atoms with Gasteiger partial charge in [0.1, 0.15) is 5.52 Å². The molecule has 5 heteroatoms. The number of imidazole rings is 1. The third-order valence-electron chi connectivity index (χ3n) is 2.70. The number of carbonyl (C=O) groups is 1. The number of rotatable bonds is 4. The van der Waals surface area contributed by atoms with Gasteiger partial charge in [-0.3, -0.25) is 4.79 Å². The van der Waals surface area contributed by atoms with E-state index in [4.69, 9.17) is 9.47 Å². The summed E-state index contributed by atoms with van der Waals surface area (Å²) in [7, 11) is 3.15. The van der Waals surface area contributed by atoms with Crippen LogP contribution in [0.5, 0.6) is 11.5 Å². The summed E-state index contributed by atoms with van der Waals surface area (Å²) in [5.41, 5.74) is 1.52. The molecular weight excluding hydrogens is 220 g/mol. The smallest absolute Gasteiger partial charge is 0.186 e. The Kier molecular flexibility index (Phi) is 2.99. The SMILES string of the molecule is CCn1c(C=O)nc2ccc(OC)c(OC)c21. The van der Waals surface area contributed by atoms with Gasteiger partial charge >= 0.3 is 0 Å². The molecule has 0 aliphatic carbocycles. The van der Waals surface area contributed by atoms with E-state index in [9.17, 15) is 4.79 Å². The first kappa shape index (κ1) is 11.4. The van der Waals surface area contributed by atoms with E-state index in [1.165, 1.54) is 0 Å². The molecule has 0 unspecified atom stereocenters. The molecule has 0 saturated heterocycles. The number of aryl methyl sites for hydroxylation is 1. The summed E-state index contributed by atoms with van der Waals surface area (Å²) in [5, 5.41) is 0. The molecule has 0 atom stereocenters. The Morgan fingerprint density at radius 2 is 2.12 bits per heavy atom. The summed E-state index contributed by atoms with van der Waals surface area (Å²) in [6.07, 6.45) is 0.745. The van der Waals surface area contributed by atoms with E-state index < -0.39 is 0 Å². The summed E-state index contributed by atoms with van der Waals surface area (Å²) >= 11 is 0. The molecule has 0 spiro atoms. The van der Waals surface area contributed by atoms with Crippen LogP contribution in [0.25, 0.3) is 11.0 Å². The Bertz CT molecular complexity index is 560. The van der Waals surface area contributed by atoms with Crippen LogP contribution in [0.15, 0.2) is 12.1 Å². The second-order valence-corrected chi connectivity index (χ2v) is 3.50. The Labute approximate surface area is 99.0 Å². The van der Waals surface area contributed by atoms with E-state index in [0.29, 0.717) is 23.9 Å². The fourth-order valence-electron chi connectivity index (χ4n) is 1.96. The molecule has 0 amide bonds. The van der Waals surface area contributed by atoms with Gasteiger partial charge in [0.15, 0.2) is 23.6 Å². The zero-order valence-corrected chi connectivity index (χ0v) is 10.1. The van der Waals surface area contributed by atoms with Crippen molar-refractivity contribution in [3.05, 3.63) is 18.0 Å². The largest absolute Gasteiger partial charge is 0.493 e. The predicted molar refractivity (Wildman–Crippen MR) is 63.9 cm³/mol. The average molecular weight is 234 g/mol. The van der Waals surface area contributed by atoms with E-state index in [0.717, 1.165) is 17.3 Å². The van der Waals surface area contributed by atoms with Crippen LogP contribution in [0.3, 0.4) is 0 Å². The minimum Gasteiger partial charge on any atom is -0.493 e. The highest BCUT2D eigenvalue weighted by Crippen LogP contribution is 2.35. The summed E-state index contributed by atoms with van der Waals surface area (Å²) in [6, 6.07) is 3.60. The van der Waals surface area contributed by atoms with Gasteiger partial charge in [-0.15, -0.1) is 0 Å². The van der Waals surface area contributed by atoms with Crippen molar-refractivity contribution in [2.24, 2.45) is 0 Å². The van der Waals surface area contributed by atoms with Gasteiger partial charge < -0.3 is 14.0 Å². The number of aromatic nitrogens is 2. The quantitative estimate of drug-likeness (QED) is 0.758. The van der Waals surface area contributed by atoms with E-state index >= 15 is 0 Å². The highest BCUT2D eigenvalue weighted by Gasteiger charge is 2.16. The molecule has 0 aliphatic rings. The first-order valence-electron chi connectivity index (χ1n) is 5.33. The van der Waals surface area contributed by atoms with Gasteiger partial charge in [0, 0.05) is 6.54 Å². The molecule has 5 nitrogen and oxygen atoms in total. The Balaban J connectivity index is 2.85. The van der Waals surface area contributed by atoms with E-state index in [1.807, 2.05) is 17.6 Å². The first-order valence-corrected chi connectivity index (χ1v) is 5.33. The lowest BCUT2D eigenvalue weighted by molar-refractivity contribution is 0.111. The number of hydrogen-bond acceptors (Lipinski definition) is 4. The van der Waals surface area contributed by atoms with E-state index in [1.54, 1.807) is 20.3 Å². The molecule has 1 heterocycles. The van der Waals surface area contributed by atoms with Gasteiger partial charge in [0.05, 0.1) is 19.7 Å². The van der Waals surface area contributed by atoms with Crippen molar-refractivity contribution in [1.82, 2.24) is 9.55 Å². The Morgan fingerprint density at radius 1 is 1.35 bits per heavy atom. The van der Waals surface area contributed by atoms with Crippen molar-refractivity contribution >= 4 is 17.3 Å². The molecule has 2 aromatic rings. The molecule has 2 rings (SSSR count). The lowest BCUT2D eigenvalue weighted by Gasteiger charge is -2.10. The molecule has 1 aromatic carbocycles. The Hall–Kier alpha value is -2.04. The van der Waals surface area contributed by atoms with E-state index in [-0.39, 0.29) is 0 Å². The molecule has 0 N–H and O–H groups in total. The van der Waals surface area contributed by atoms with Crippen LogP contribution in [0.4, 0.5) is 0 Å². The lowest BCUT2D eigenvalue weighted by Crippen LogP contribution is -2.01. The van der Waals surface area contributed by atoms with Gasteiger partial charge in [-0.1, -0.05) is 0 Å². The van der Waals surface area contributed by atoms with Gasteiger partial charge in [0.25, 0.3) is 0 Å². The van der Waals surface area contributed by atoms with Gasteiger partial charge in [-0.25, -0.2) is 4.98 Å². The zero-order valence-electron chi connectivity index (χ0n) is 10.1. The number of aldehydes is 1. The second-order valence-electron chi connectivity index (χ2n) is 3.50. The van der Waals surface area contributed by atoms with Gasteiger partial charge in [-0.05, 0) is 19.1 Å². The van der Waals surface area contributed by atoms with Crippen LogP contribution in [0, 0.1) is 0 Å². The number of nitrogens with zero attached hydrogens (tertiary/aromatic N) is 2. The summed E-state index contributed by atoms with van der Waals surface area (Å²) in [4.78, 5) is 15.2. The van der Waals surface area contributed by atoms with E-state index in [2.05, 4.69) is 4.98 Å². The van der Waals surface area contributed by atoms with Crippen molar-refractivity contribution in [1.29, 1.82) is 0 Å². The Morgan fingerprint density at radius 3 is 2.65 bits per heavy atom.